The van der Waals surface area contributed by atoms with Gasteiger partial charge in [-0.05, 0) is 36.5 Å². The number of benzene rings is 1. The maximum absolute atomic E-state index is 13.6. The molecule has 0 spiro atoms. The van der Waals surface area contributed by atoms with Crippen LogP contribution < -0.4 is 49.1 Å². The molecule has 53 heavy (non-hydrogen) atoms. The Morgan fingerprint density at radius 2 is 1.38 bits per heavy atom. The number of guanidine groups is 1. The Morgan fingerprint density at radius 1 is 0.774 bits per heavy atom. The van der Waals surface area contributed by atoms with E-state index in [0.29, 0.717) is 5.56 Å². The number of thiol groups is 1. The molecular formula is C31H48N10O11S. The molecule has 0 saturated heterocycles. The average molecular weight is 769 g/mol. The van der Waals surface area contributed by atoms with Crippen LogP contribution in [0.3, 0.4) is 0 Å². The summed E-state index contributed by atoms with van der Waals surface area (Å²) in [5.74, 6) is -8.75. The molecule has 294 valence electrons. The van der Waals surface area contributed by atoms with Crippen LogP contribution in [0.25, 0.3) is 0 Å². The van der Waals surface area contributed by atoms with Crippen LogP contribution in [0, 0.1) is 5.92 Å². The predicted octanol–water partition coefficient (Wildman–Crippen LogP) is -4.37. The zero-order valence-corrected chi connectivity index (χ0v) is 30.1. The number of carboxylic acids is 2. The molecule has 6 amide bonds. The van der Waals surface area contributed by atoms with Gasteiger partial charge in [0.1, 0.15) is 29.9 Å². The van der Waals surface area contributed by atoms with Crippen LogP contribution >= 0.6 is 12.6 Å². The van der Waals surface area contributed by atoms with Gasteiger partial charge in [0.2, 0.25) is 35.4 Å². The lowest BCUT2D eigenvalue weighted by Crippen LogP contribution is -2.59. The first-order chi connectivity index (χ1) is 24.8. The van der Waals surface area contributed by atoms with E-state index in [1.54, 1.807) is 13.8 Å². The summed E-state index contributed by atoms with van der Waals surface area (Å²) >= 11 is 3.83. The van der Waals surface area contributed by atoms with Crippen molar-refractivity contribution in [3.05, 3.63) is 29.8 Å². The second-order valence-corrected chi connectivity index (χ2v) is 12.4. The first-order valence-electron chi connectivity index (χ1n) is 16.2. The number of nitrogens with one attached hydrogen (secondary N) is 6. The van der Waals surface area contributed by atoms with E-state index in [4.69, 9.17) is 27.4 Å². The summed E-state index contributed by atoms with van der Waals surface area (Å²) in [6.07, 6.45) is -0.692. The summed E-state index contributed by atoms with van der Waals surface area (Å²) in [6, 6.07) is -0.978. The van der Waals surface area contributed by atoms with E-state index in [1.165, 1.54) is 24.3 Å². The van der Waals surface area contributed by atoms with E-state index in [0.717, 1.165) is 0 Å². The van der Waals surface area contributed by atoms with Gasteiger partial charge >= 0.3 is 11.9 Å². The fraction of sp³-hybridized carbons (Fsp3) is 0.516. The Labute approximate surface area is 310 Å². The van der Waals surface area contributed by atoms with Crippen molar-refractivity contribution in [3.63, 3.8) is 0 Å². The number of nitrogens with two attached hydrogens (primary N) is 3. The summed E-state index contributed by atoms with van der Waals surface area (Å²) in [5.41, 5.74) is 16.8. The summed E-state index contributed by atoms with van der Waals surface area (Å²) < 4.78 is 0. The van der Waals surface area contributed by atoms with Gasteiger partial charge in [-0.1, -0.05) is 26.0 Å². The molecule has 0 aliphatic carbocycles. The highest BCUT2D eigenvalue weighted by atomic mass is 32.1. The quantitative estimate of drug-likeness (QED) is 0.0217. The summed E-state index contributed by atoms with van der Waals surface area (Å²) in [5, 5.41) is 41.9. The van der Waals surface area contributed by atoms with Crippen molar-refractivity contribution in [1.29, 1.82) is 0 Å². The number of aromatic hydroxyl groups is 1. The smallest absolute Gasteiger partial charge is 0.327 e. The Bertz CT molecular complexity index is 1490. The van der Waals surface area contributed by atoms with Crippen LogP contribution in [0.4, 0.5) is 0 Å². The maximum atomic E-state index is 13.6. The Kier molecular flexibility index (Phi) is 19.7. The van der Waals surface area contributed by atoms with Gasteiger partial charge < -0.3 is 64.4 Å². The van der Waals surface area contributed by atoms with Gasteiger partial charge in [-0.2, -0.15) is 12.6 Å². The predicted molar refractivity (Wildman–Crippen MR) is 192 cm³/mol. The largest absolute Gasteiger partial charge is 0.508 e. The normalized spacial score (nSPS) is 13.5. The van der Waals surface area contributed by atoms with Crippen molar-refractivity contribution in [2.45, 2.75) is 69.7 Å². The van der Waals surface area contributed by atoms with Gasteiger partial charge in [-0.3, -0.25) is 38.6 Å². The number of phenolic OH excluding ortho intramolecular Hbond substituents is 1. The Balaban J connectivity index is 3.13. The lowest BCUT2D eigenvalue weighted by atomic mass is 10.00. The highest BCUT2D eigenvalue weighted by Crippen LogP contribution is 2.13. The molecule has 0 aliphatic heterocycles. The third-order valence-corrected chi connectivity index (χ3v) is 7.62. The van der Waals surface area contributed by atoms with Gasteiger partial charge in [0.05, 0.1) is 25.6 Å². The minimum Gasteiger partial charge on any atom is -0.508 e. The van der Waals surface area contributed by atoms with Crippen molar-refractivity contribution in [2.24, 2.45) is 28.1 Å². The first kappa shape index (κ1) is 45.4. The number of aliphatic imine (C=N–C) groups is 1. The van der Waals surface area contributed by atoms with Crippen LogP contribution in [0.15, 0.2) is 29.3 Å². The number of carboxylic acid groups (broad SMARTS) is 2. The fourth-order valence-electron chi connectivity index (χ4n) is 4.42. The molecule has 0 aromatic heterocycles. The molecule has 15 N–H and O–H groups in total. The lowest BCUT2D eigenvalue weighted by molar-refractivity contribution is -0.141. The summed E-state index contributed by atoms with van der Waals surface area (Å²) in [4.78, 5) is 103. The molecule has 0 heterocycles. The molecule has 0 fully saturated rings. The maximum Gasteiger partial charge on any atom is 0.327 e. The van der Waals surface area contributed by atoms with Crippen LogP contribution in [0.2, 0.25) is 0 Å². The third kappa shape index (κ3) is 17.9. The van der Waals surface area contributed by atoms with Crippen LogP contribution in [0.5, 0.6) is 5.75 Å². The number of hydrogen-bond donors (Lipinski definition) is 13. The third-order valence-electron chi connectivity index (χ3n) is 7.25. The highest BCUT2D eigenvalue weighted by Gasteiger charge is 2.32. The molecule has 1 rings (SSSR count). The Hall–Kier alpha value is -5.64. The molecule has 1 aromatic carbocycles. The van der Waals surface area contributed by atoms with Crippen molar-refractivity contribution >= 4 is 66.0 Å². The summed E-state index contributed by atoms with van der Waals surface area (Å²) in [7, 11) is 0. The standard InChI is InChI=1S/C31H48N10O11S/c1-15(2)25(41-28(49)19(4-3-9-35-31(33)34)39-26(47)18(32)11-24(45)46)29(50)40-20(10-16-5-7-17(42)8-6-16)27(48)37-12-22(43)36-13-23(44)38-21(14-53)30(51)52/h5-8,15,18-21,25,42,53H,3-4,9-14,32H2,1-2H3,(H,36,43)(H,37,48)(H,38,44)(H,39,47)(H,40,50)(H,41,49)(H,45,46)(H,51,52)(H4,33,34,35)/t18-,19-,20-,21-,25-/m0/s1. The SMILES string of the molecule is CC(C)[C@H](NC(=O)[C@H](CCCN=C(N)N)NC(=O)[C@@H](N)CC(=O)O)C(=O)N[C@@H](Cc1ccc(O)cc1)C(=O)NCC(=O)NCC(=O)N[C@@H](CS)C(=O)O. The highest BCUT2D eigenvalue weighted by molar-refractivity contribution is 7.80. The van der Waals surface area contributed by atoms with Gasteiger partial charge in [0, 0.05) is 18.7 Å². The number of aliphatic carboxylic acids is 2. The van der Waals surface area contributed by atoms with E-state index in [1.807, 2.05) is 0 Å². The molecule has 0 radical (unpaired) electrons. The monoisotopic (exact) mass is 768 g/mol. The minimum atomic E-state index is -1.48. The van der Waals surface area contributed by atoms with Crippen LogP contribution in [-0.4, -0.2) is 124 Å². The van der Waals surface area contributed by atoms with Gasteiger partial charge in [-0.25, -0.2) is 4.79 Å². The van der Waals surface area contributed by atoms with E-state index in [9.17, 15) is 43.5 Å². The number of phenols is 1. The van der Waals surface area contributed by atoms with Crippen molar-refractivity contribution in [2.75, 3.05) is 25.4 Å². The summed E-state index contributed by atoms with van der Waals surface area (Å²) in [6.45, 7) is 2.04. The number of hydrogen-bond acceptors (Lipinski definition) is 12. The first-order valence-corrected chi connectivity index (χ1v) is 16.9. The number of carbonyl (C=O) groups excluding carboxylic acids is 6. The molecule has 0 aliphatic rings. The molecular weight excluding hydrogens is 720 g/mol. The Morgan fingerprint density at radius 3 is 1.92 bits per heavy atom. The van der Waals surface area contributed by atoms with Crippen LogP contribution in [-0.2, 0) is 44.8 Å². The minimum absolute atomic E-state index is 0.0362. The average Bonchev–Trinajstić information content (AvgIpc) is 3.08. The molecule has 0 saturated carbocycles. The molecule has 22 heteroatoms. The molecule has 0 unspecified atom stereocenters. The molecule has 21 nitrogen and oxygen atoms in total. The molecule has 0 bridgehead atoms. The van der Waals surface area contributed by atoms with Gasteiger partial charge in [0.25, 0.3) is 0 Å². The van der Waals surface area contributed by atoms with E-state index < -0.39 is 103 Å². The van der Waals surface area contributed by atoms with Gasteiger partial charge in [-0.15, -0.1) is 0 Å². The zero-order valence-electron chi connectivity index (χ0n) is 29.2. The molecule has 5 atom stereocenters. The number of amides is 6. The fourth-order valence-corrected chi connectivity index (χ4v) is 4.67. The zero-order chi connectivity index (χ0) is 40.2. The van der Waals surface area contributed by atoms with Crippen LogP contribution in [0.1, 0.15) is 38.7 Å². The molecule has 1 aromatic rings. The second-order valence-electron chi connectivity index (χ2n) is 12.0. The van der Waals surface area contributed by atoms with E-state index in [-0.39, 0.29) is 43.3 Å². The van der Waals surface area contributed by atoms with E-state index in [2.05, 4.69) is 49.5 Å². The number of rotatable bonds is 23. The topological polar surface area (TPSA) is 360 Å². The lowest BCUT2D eigenvalue weighted by Gasteiger charge is -2.27. The van der Waals surface area contributed by atoms with Crippen molar-refractivity contribution < 1.29 is 53.7 Å². The van der Waals surface area contributed by atoms with Gasteiger partial charge in [0.15, 0.2) is 5.96 Å². The van der Waals surface area contributed by atoms with Crippen molar-refractivity contribution in [1.82, 2.24) is 31.9 Å². The number of carbonyl (C=O) groups is 8. The van der Waals surface area contributed by atoms with E-state index >= 15 is 0 Å². The number of nitrogens with zero attached hydrogens (tertiary/aromatic N) is 1. The second kappa shape index (κ2) is 23.0. The van der Waals surface area contributed by atoms with Crippen molar-refractivity contribution in [3.8, 4) is 5.75 Å².